The van der Waals surface area contributed by atoms with E-state index in [1.165, 1.54) is 22.7 Å². The summed E-state index contributed by atoms with van der Waals surface area (Å²) < 4.78 is 15.1. The topological polar surface area (TPSA) is 67.5 Å². The second kappa shape index (κ2) is 5.83. The van der Waals surface area contributed by atoms with Crippen molar-refractivity contribution in [2.24, 2.45) is 0 Å². The first-order valence-corrected chi connectivity index (χ1v) is 7.57. The molecule has 0 radical (unpaired) electrons. The Kier molecular flexibility index (Phi) is 3.50. The third-order valence-corrected chi connectivity index (χ3v) is 3.84. The lowest BCUT2D eigenvalue weighted by atomic mass is 10.1. The van der Waals surface area contributed by atoms with Gasteiger partial charge in [0.05, 0.1) is 11.4 Å². The van der Waals surface area contributed by atoms with Crippen LogP contribution in [0.5, 0.6) is 0 Å². The molecule has 0 aliphatic heterocycles. The van der Waals surface area contributed by atoms with E-state index in [4.69, 9.17) is 0 Å². The van der Waals surface area contributed by atoms with Gasteiger partial charge >= 0.3 is 5.97 Å². The van der Waals surface area contributed by atoms with Crippen molar-refractivity contribution in [3.8, 4) is 22.5 Å². The molecule has 2 aromatic carbocycles. The molecule has 0 amide bonds. The van der Waals surface area contributed by atoms with Crippen LogP contribution in [0.15, 0.2) is 66.7 Å². The van der Waals surface area contributed by atoms with Gasteiger partial charge in [0, 0.05) is 17.2 Å². The van der Waals surface area contributed by atoms with Crippen molar-refractivity contribution in [1.29, 1.82) is 0 Å². The smallest absolute Gasteiger partial charge is 0.356 e. The predicted octanol–water partition coefficient (Wildman–Crippen LogP) is 3.90. The average molecular weight is 333 g/mol. The fourth-order valence-corrected chi connectivity index (χ4v) is 2.69. The monoisotopic (exact) mass is 333 g/mol. The predicted molar refractivity (Wildman–Crippen MR) is 90.8 cm³/mol. The van der Waals surface area contributed by atoms with Gasteiger partial charge in [-0.15, -0.1) is 0 Å². The van der Waals surface area contributed by atoms with Crippen molar-refractivity contribution in [1.82, 2.24) is 14.6 Å². The minimum Gasteiger partial charge on any atom is -0.476 e. The first-order chi connectivity index (χ1) is 12.1. The summed E-state index contributed by atoms with van der Waals surface area (Å²) >= 11 is 0. The number of aromatic carboxylic acids is 1. The normalized spacial score (nSPS) is 10.9. The second-order valence-electron chi connectivity index (χ2n) is 5.51. The molecule has 2 aromatic heterocycles. The summed E-state index contributed by atoms with van der Waals surface area (Å²) in [5.74, 6) is -1.52. The van der Waals surface area contributed by atoms with Crippen LogP contribution in [-0.4, -0.2) is 25.7 Å². The zero-order valence-corrected chi connectivity index (χ0v) is 12.9. The summed E-state index contributed by atoms with van der Waals surface area (Å²) in [7, 11) is 0. The summed E-state index contributed by atoms with van der Waals surface area (Å²) in [5, 5.41) is 13.3. The number of fused-ring (bicyclic) bond motifs is 1. The lowest BCUT2D eigenvalue weighted by Crippen LogP contribution is -2.01. The van der Waals surface area contributed by atoms with Gasteiger partial charge in [-0.05, 0) is 18.2 Å². The molecular formula is C19H12FN3O2. The van der Waals surface area contributed by atoms with Gasteiger partial charge in [-0.25, -0.2) is 18.7 Å². The average Bonchev–Trinajstić information content (AvgIpc) is 3.06. The Balaban J connectivity index is 2.02. The largest absolute Gasteiger partial charge is 0.476 e. The van der Waals surface area contributed by atoms with Crippen LogP contribution in [0.4, 0.5) is 4.39 Å². The number of hydrogen-bond donors (Lipinski definition) is 1. The molecule has 0 aliphatic rings. The van der Waals surface area contributed by atoms with Crippen molar-refractivity contribution in [3.05, 3.63) is 78.2 Å². The van der Waals surface area contributed by atoms with Crippen LogP contribution in [-0.2, 0) is 0 Å². The fraction of sp³-hybridized carbons (Fsp3) is 0. The minimum absolute atomic E-state index is 0.115. The van der Waals surface area contributed by atoms with Gasteiger partial charge in [0.15, 0.2) is 11.3 Å². The van der Waals surface area contributed by atoms with E-state index in [1.807, 2.05) is 30.3 Å². The van der Waals surface area contributed by atoms with E-state index in [-0.39, 0.29) is 11.5 Å². The number of halogens is 1. The highest BCUT2D eigenvalue weighted by Crippen LogP contribution is 2.27. The first-order valence-electron chi connectivity index (χ1n) is 7.57. The number of benzene rings is 2. The highest BCUT2D eigenvalue weighted by molar-refractivity contribution is 5.87. The molecule has 2 heterocycles. The Morgan fingerprint density at radius 1 is 0.960 bits per heavy atom. The van der Waals surface area contributed by atoms with Crippen LogP contribution in [0, 0.1) is 5.82 Å². The molecule has 1 N–H and O–H groups in total. The minimum atomic E-state index is -1.14. The number of hydrogen-bond acceptors (Lipinski definition) is 3. The van der Waals surface area contributed by atoms with Crippen LogP contribution < -0.4 is 0 Å². The number of rotatable bonds is 3. The van der Waals surface area contributed by atoms with E-state index in [2.05, 4.69) is 10.1 Å². The van der Waals surface area contributed by atoms with Gasteiger partial charge < -0.3 is 5.11 Å². The van der Waals surface area contributed by atoms with E-state index in [0.717, 1.165) is 5.56 Å². The Labute approximate surface area is 142 Å². The highest BCUT2D eigenvalue weighted by Gasteiger charge is 2.15. The number of aromatic nitrogens is 3. The molecule has 5 nitrogen and oxygen atoms in total. The summed E-state index contributed by atoms with van der Waals surface area (Å²) in [6.45, 7) is 0. The van der Waals surface area contributed by atoms with Crippen molar-refractivity contribution in [3.63, 3.8) is 0 Å². The molecule has 0 saturated heterocycles. The summed E-state index contributed by atoms with van der Waals surface area (Å²) in [6.07, 6.45) is 0. The number of nitrogens with zero attached hydrogens (tertiary/aromatic N) is 3. The quantitative estimate of drug-likeness (QED) is 0.617. The standard InChI is InChI=1S/C19H12FN3O2/c20-14-8-4-7-13(9-14)17-10-15(12-5-2-1-3-6-12)21-18-11-16(19(24)25)22-23(17)18/h1-11H,(H,24,25). The van der Waals surface area contributed by atoms with Crippen LogP contribution in [0.25, 0.3) is 28.2 Å². The SMILES string of the molecule is O=C(O)c1cc2nc(-c3ccccc3)cc(-c3cccc(F)c3)n2n1. The molecule has 0 fully saturated rings. The van der Waals surface area contributed by atoms with E-state index in [0.29, 0.717) is 22.6 Å². The van der Waals surface area contributed by atoms with Crippen molar-refractivity contribution in [2.75, 3.05) is 0 Å². The number of carbonyl (C=O) groups is 1. The highest BCUT2D eigenvalue weighted by atomic mass is 19.1. The van der Waals surface area contributed by atoms with Gasteiger partial charge in [0.2, 0.25) is 0 Å². The van der Waals surface area contributed by atoms with Crippen LogP contribution in [0.3, 0.4) is 0 Å². The van der Waals surface area contributed by atoms with Gasteiger partial charge in [0.25, 0.3) is 0 Å². The zero-order valence-electron chi connectivity index (χ0n) is 12.9. The first kappa shape index (κ1) is 15.0. The molecule has 4 aromatic rings. The molecule has 6 heteroatoms. The summed E-state index contributed by atoms with van der Waals surface area (Å²) in [5.41, 5.74) is 2.96. The third-order valence-electron chi connectivity index (χ3n) is 3.84. The van der Waals surface area contributed by atoms with E-state index in [1.54, 1.807) is 18.2 Å². The van der Waals surface area contributed by atoms with E-state index < -0.39 is 5.97 Å². The number of carboxylic acids is 1. The van der Waals surface area contributed by atoms with Crippen molar-refractivity contribution in [2.45, 2.75) is 0 Å². The molecule has 4 rings (SSSR count). The maximum Gasteiger partial charge on any atom is 0.356 e. The van der Waals surface area contributed by atoms with Crippen molar-refractivity contribution < 1.29 is 14.3 Å². The molecule has 122 valence electrons. The van der Waals surface area contributed by atoms with Gasteiger partial charge in [0.1, 0.15) is 5.82 Å². The lowest BCUT2D eigenvalue weighted by molar-refractivity contribution is 0.0690. The molecule has 0 bridgehead atoms. The molecule has 25 heavy (non-hydrogen) atoms. The van der Waals surface area contributed by atoms with Gasteiger partial charge in [-0.3, -0.25) is 0 Å². The second-order valence-corrected chi connectivity index (χ2v) is 5.51. The Morgan fingerprint density at radius 2 is 1.72 bits per heavy atom. The van der Waals surface area contributed by atoms with Crippen LogP contribution in [0.2, 0.25) is 0 Å². The Bertz CT molecular complexity index is 1090. The fourth-order valence-electron chi connectivity index (χ4n) is 2.69. The molecule has 0 atom stereocenters. The third kappa shape index (κ3) is 2.74. The lowest BCUT2D eigenvalue weighted by Gasteiger charge is -2.08. The van der Waals surface area contributed by atoms with E-state index in [9.17, 15) is 14.3 Å². The maximum absolute atomic E-state index is 13.7. The Morgan fingerprint density at radius 3 is 2.44 bits per heavy atom. The Hall–Kier alpha value is -3.54. The molecule has 0 unspecified atom stereocenters. The zero-order chi connectivity index (χ0) is 17.4. The van der Waals surface area contributed by atoms with Gasteiger partial charge in [-0.2, -0.15) is 5.10 Å². The molecule has 0 spiro atoms. The summed E-state index contributed by atoms with van der Waals surface area (Å²) in [4.78, 5) is 15.8. The van der Waals surface area contributed by atoms with Crippen LogP contribution in [0.1, 0.15) is 10.5 Å². The maximum atomic E-state index is 13.7. The van der Waals surface area contributed by atoms with Gasteiger partial charge in [-0.1, -0.05) is 42.5 Å². The molecule has 0 aliphatic carbocycles. The van der Waals surface area contributed by atoms with Crippen LogP contribution >= 0.6 is 0 Å². The molecular weight excluding hydrogens is 321 g/mol. The van der Waals surface area contributed by atoms with Crippen molar-refractivity contribution >= 4 is 11.6 Å². The van der Waals surface area contributed by atoms with E-state index >= 15 is 0 Å². The summed E-state index contributed by atoms with van der Waals surface area (Å²) in [6, 6.07) is 18.7. The number of carboxylic acid groups (broad SMARTS) is 1. The molecule has 0 saturated carbocycles.